The first kappa shape index (κ1) is 16.3. The van der Waals surface area contributed by atoms with Gasteiger partial charge in [0.15, 0.2) is 0 Å². The van der Waals surface area contributed by atoms with E-state index in [1.165, 1.54) is 4.90 Å². The second kappa shape index (κ2) is 6.91. The highest BCUT2D eigenvalue weighted by atomic mass is 35.5. The van der Waals surface area contributed by atoms with E-state index in [9.17, 15) is 4.79 Å². The Hall–Kier alpha value is -2.55. The molecule has 1 fully saturated rings. The Morgan fingerprint density at radius 2 is 1.92 bits per heavy atom. The molecule has 0 atom stereocenters. The van der Waals surface area contributed by atoms with E-state index >= 15 is 0 Å². The molecule has 0 aromatic heterocycles. The molecule has 0 spiro atoms. The average molecular weight is 359 g/mol. The average Bonchev–Trinajstić information content (AvgIpc) is 3.06. The number of guanidine groups is 1. The van der Waals surface area contributed by atoms with Crippen molar-refractivity contribution >= 4 is 40.8 Å². The maximum absolute atomic E-state index is 12.7. The Morgan fingerprint density at radius 1 is 1.21 bits per heavy atom. The predicted octanol–water partition coefficient (Wildman–Crippen LogP) is 3.60. The van der Waals surface area contributed by atoms with E-state index in [0.29, 0.717) is 45.9 Å². The molecule has 2 aromatic rings. The van der Waals surface area contributed by atoms with Crippen LogP contribution in [0.5, 0.6) is 0 Å². The molecule has 2 aromatic carbocycles. The first-order valence-corrected chi connectivity index (χ1v) is 7.94. The molecule has 0 aliphatic carbocycles. The maximum Gasteiger partial charge on any atom is 0.260 e. The molecule has 1 N–H and O–H groups in total. The van der Waals surface area contributed by atoms with Crippen LogP contribution in [0.25, 0.3) is 0 Å². The van der Waals surface area contributed by atoms with Crippen LogP contribution in [0.4, 0.5) is 5.69 Å². The lowest BCUT2D eigenvalue weighted by molar-refractivity contribution is 0.0859. The molecule has 0 saturated carbocycles. The van der Waals surface area contributed by atoms with E-state index in [1.807, 2.05) is 6.07 Å². The number of nitrogens with zero attached hydrogens (tertiary/aromatic N) is 3. The second-order valence-corrected chi connectivity index (χ2v) is 5.90. The number of aliphatic imine (C=N–C) groups is 1. The van der Waals surface area contributed by atoms with Gasteiger partial charge in [-0.05, 0) is 30.3 Å². The van der Waals surface area contributed by atoms with Crippen LogP contribution in [0.2, 0.25) is 10.0 Å². The summed E-state index contributed by atoms with van der Waals surface area (Å²) in [6.07, 6.45) is 0. The van der Waals surface area contributed by atoms with Crippen LogP contribution in [0.15, 0.2) is 47.5 Å². The summed E-state index contributed by atoms with van der Waals surface area (Å²) in [4.78, 5) is 18.6. The zero-order valence-corrected chi connectivity index (χ0v) is 14.0. The highest BCUT2D eigenvalue weighted by Gasteiger charge is 2.26. The third-order valence-corrected chi connectivity index (χ3v) is 4.12. The highest BCUT2D eigenvalue weighted by molar-refractivity contribution is 6.38. The summed E-state index contributed by atoms with van der Waals surface area (Å²) in [5.74, 6) is 0.149. The number of rotatable bonds is 2. The van der Waals surface area contributed by atoms with Gasteiger partial charge in [-0.25, -0.2) is 4.99 Å². The smallest absolute Gasteiger partial charge is 0.260 e. The maximum atomic E-state index is 12.7. The first-order valence-electron chi connectivity index (χ1n) is 7.19. The van der Waals surface area contributed by atoms with Gasteiger partial charge < -0.3 is 5.32 Å². The van der Waals surface area contributed by atoms with Crippen molar-refractivity contribution in [3.63, 3.8) is 0 Å². The minimum atomic E-state index is -0.237. The fourth-order valence-electron chi connectivity index (χ4n) is 2.36. The van der Waals surface area contributed by atoms with Crippen LogP contribution in [0.3, 0.4) is 0 Å². The standard InChI is InChI=1S/C17H12Cl2N4O/c18-13-5-2-6-14(19)15(13)22-17-21-7-8-23(17)16(24)12-4-1-3-11(9-12)10-20/h1-6,9H,7-8H2,(H,21,22). The summed E-state index contributed by atoms with van der Waals surface area (Å²) in [5.41, 5.74) is 1.27. The molecule has 1 heterocycles. The molecule has 120 valence electrons. The second-order valence-electron chi connectivity index (χ2n) is 5.08. The zero-order valence-electron chi connectivity index (χ0n) is 12.5. The molecular formula is C17H12Cl2N4O. The topological polar surface area (TPSA) is 68.5 Å². The molecule has 5 nitrogen and oxygen atoms in total. The van der Waals surface area contributed by atoms with Crippen molar-refractivity contribution in [3.8, 4) is 6.07 Å². The molecule has 3 rings (SSSR count). The van der Waals surface area contributed by atoms with E-state index in [1.54, 1.807) is 42.5 Å². The van der Waals surface area contributed by atoms with E-state index in [2.05, 4.69) is 10.3 Å². The van der Waals surface area contributed by atoms with Gasteiger partial charge in [-0.3, -0.25) is 9.69 Å². The molecule has 1 saturated heterocycles. The van der Waals surface area contributed by atoms with Gasteiger partial charge in [-0.2, -0.15) is 5.26 Å². The largest absolute Gasteiger partial charge is 0.354 e. The van der Waals surface area contributed by atoms with Gasteiger partial charge in [0.1, 0.15) is 5.69 Å². The lowest BCUT2D eigenvalue weighted by atomic mass is 10.1. The minimum Gasteiger partial charge on any atom is -0.354 e. The number of hydrogen-bond donors (Lipinski definition) is 1. The van der Waals surface area contributed by atoms with Gasteiger partial charge in [0.25, 0.3) is 5.91 Å². The number of halogens is 2. The number of nitriles is 1. The van der Waals surface area contributed by atoms with Crippen molar-refractivity contribution in [2.45, 2.75) is 0 Å². The summed E-state index contributed by atoms with van der Waals surface area (Å²) in [6, 6.07) is 13.7. The highest BCUT2D eigenvalue weighted by Crippen LogP contribution is 2.33. The fourth-order valence-corrected chi connectivity index (χ4v) is 2.84. The van der Waals surface area contributed by atoms with Crippen LogP contribution in [0.1, 0.15) is 15.9 Å². The Bertz CT molecular complexity index is 853. The minimum absolute atomic E-state index is 0.237. The molecule has 1 aliphatic heterocycles. The number of carbonyl (C=O) groups excluding carboxylic acids is 1. The van der Waals surface area contributed by atoms with E-state index in [0.717, 1.165) is 0 Å². The summed E-state index contributed by atoms with van der Waals surface area (Å²) >= 11 is 12.3. The molecule has 1 aliphatic rings. The zero-order chi connectivity index (χ0) is 17.1. The third-order valence-electron chi connectivity index (χ3n) is 3.51. The third kappa shape index (κ3) is 3.21. The summed E-state index contributed by atoms with van der Waals surface area (Å²) < 4.78 is 0. The number of hydrogen-bond acceptors (Lipinski definition) is 3. The molecule has 0 unspecified atom stereocenters. The summed E-state index contributed by atoms with van der Waals surface area (Å²) in [7, 11) is 0. The quantitative estimate of drug-likeness (QED) is 0.891. The summed E-state index contributed by atoms with van der Waals surface area (Å²) in [6.45, 7) is 1.04. The lowest BCUT2D eigenvalue weighted by Crippen LogP contribution is -2.35. The van der Waals surface area contributed by atoms with Gasteiger partial charge in [-0.1, -0.05) is 35.3 Å². The van der Waals surface area contributed by atoms with Crippen molar-refractivity contribution < 1.29 is 4.79 Å². The van der Waals surface area contributed by atoms with Gasteiger partial charge in [0.2, 0.25) is 5.96 Å². The molecule has 0 bridgehead atoms. The molecule has 1 amide bonds. The number of nitrogens with one attached hydrogen (secondary N) is 1. The first-order chi connectivity index (χ1) is 11.6. The van der Waals surface area contributed by atoms with Crippen molar-refractivity contribution in [1.29, 1.82) is 5.26 Å². The van der Waals surface area contributed by atoms with Crippen LogP contribution >= 0.6 is 23.2 Å². The Kier molecular flexibility index (Phi) is 4.70. The van der Waals surface area contributed by atoms with Crippen LogP contribution in [-0.2, 0) is 0 Å². The monoisotopic (exact) mass is 358 g/mol. The van der Waals surface area contributed by atoms with E-state index in [-0.39, 0.29) is 5.91 Å². The number of benzene rings is 2. The van der Waals surface area contributed by atoms with Gasteiger partial charge >= 0.3 is 0 Å². The van der Waals surface area contributed by atoms with E-state index in [4.69, 9.17) is 28.5 Å². The molecule has 24 heavy (non-hydrogen) atoms. The van der Waals surface area contributed by atoms with Crippen LogP contribution < -0.4 is 5.32 Å². The number of para-hydroxylation sites is 1. The van der Waals surface area contributed by atoms with Gasteiger partial charge in [0.05, 0.1) is 21.7 Å². The molecular weight excluding hydrogens is 347 g/mol. The van der Waals surface area contributed by atoms with Gasteiger partial charge in [-0.15, -0.1) is 0 Å². The van der Waals surface area contributed by atoms with Crippen molar-refractivity contribution in [1.82, 2.24) is 10.2 Å². The predicted molar refractivity (Wildman–Crippen MR) is 93.8 cm³/mol. The Balaban J connectivity index is 1.94. The number of amides is 1. The molecule has 7 heteroatoms. The van der Waals surface area contributed by atoms with Crippen LogP contribution in [-0.4, -0.2) is 29.9 Å². The van der Waals surface area contributed by atoms with Crippen LogP contribution in [0, 0.1) is 11.3 Å². The SMILES string of the molecule is N#Cc1cccc(C(=O)N2CCNC2=Nc2c(Cl)cccc2Cl)c1. The normalized spacial score (nSPS) is 15.2. The summed E-state index contributed by atoms with van der Waals surface area (Å²) in [5, 5.41) is 12.8. The fraction of sp³-hybridized carbons (Fsp3) is 0.118. The van der Waals surface area contributed by atoms with Crippen molar-refractivity contribution in [2.75, 3.05) is 13.1 Å². The number of carbonyl (C=O) groups is 1. The molecule has 0 radical (unpaired) electrons. The Labute approximate surface area is 149 Å². The van der Waals surface area contributed by atoms with Crippen molar-refractivity contribution in [2.24, 2.45) is 4.99 Å². The van der Waals surface area contributed by atoms with Crippen molar-refractivity contribution in [3.05, 3.63) is 63.6 Å². The lowest BCUT2D eigenvalue weighted by Gasteiger charge is -2.16. The Morgan fingerprint density at radius 3 is 2.62 bits per heavy atom. The van der Waals surface area contributed by atoms with E-state index < -0.39 is 0 Å². The van der Waals surface area contributed by atoms with Gasteiger partial charge in [0, 0.05) is 18.7 Å².